The molecule has 8 nitrogen and oxygen atoms in total. The number of sulfonamides is 1. The van der Waals surface area contributed by atoms with Crippen molar-refractivity contribution in [1.82, 2.24) is 19.6 Å². The van der Waals surface area contributed by atoms with Gasteiger partial charge < -0.3 is 4.98 Å². The van der Waals surface area contributed by atoms with Crippen LogP contribution in [0.3, 0.4) is 0 Å². The number of nitrogens with zero attached hydrogens (tertiary/aromatic N) is 3. The Hall–Kier alpha value is -1.81. The van der Waals surface area contributed by atoms with Crippen LogP contribution >= 0.6 is 0 Å². The van der Waals surface area contributed by atoms with E-state index in [2.05, 4.69) is 10.1 Å². The molecule has 2 aromatic rings. The van der Waals surface area contributed by atoms with Crippen LogP contribution in [0.15, 0.2) is 16.1 Å². The number of nitrogens with two attached hydrogens (primary N) is 1. The zero-order chi connectivity index (χ0) is 11.2. The second-order valence-electron chi connectivity index (χ2n) is 2.62. The fourth-order valence-electron chi connectivity index (χ4n) is 0.961. The molecule has 3 N–H and O–H groups in total. The van der Waals surface area contributed by atoms with Crippen molar-refractivity contribution in [2.24, 2.45) is 5.14 Å². The van der Waals surface area contributed by atoms with Crippen molar-refractivity contribution < 1.29 is 12.8 Å². The van der Waals surface area contributed by atoms with E-state index in [0.29, 0.717) is 4.52 Å². The molecule has 0 atom stereocenters. The molecule has 2 rings (SSSR count). The van der Waals surface area contributed by atoms with Crippen LogP contribution in [0.1, 0.15) is 0 Å². The summed E-state index contributed by atoms with van der Waals surface area (Å²) in [6.45, 7) is 0. The summed E-state index contributed by atoms with van der Waals surface area (Å²) in [5.74, 6) is -0.906. The number of fused-ring (bicyclic) bond motifs is 1. The Balaban J connectivity index is 2.94. The lowest BCUT2D eigenvalue weighted by molar-refractivity contribution is 0.588. The molecule has 0 radical (unpaired) electrons. The van der Waals surface area contributed by atoms with E-state index in [9.17, 15) is 17.6 Å². The van der Waals surface area contributed by atoms with Gasteiger partial charge in [-0.3, -0.25) is 0 Å². The van der Waals surface area contributed by atoms with Crippen LogP contribution in [0.5, 0.6) is 0 Å². The third-order valence-electron chi connectivity index (χ3n) is 1.57. The molecule has 0 amide bonds. The zero-order valence-electron chi connectivity index (χ0n) is 7.01. The number of hydrogen-bond acceptors (Lipinski definition) is 5. The standard InChI is InChI=1S/C5H4FN5O3S/c6-2-1-8-5(12)11-3(2)9-4(10-11)15(7,13)14/h1H,(H,8,12)(H2,7,13,14). The van der Waals surface area contributed by atoms with Crippen LogP contribution in [-0.4, -0.2) is 28.0 Å². The molecule has 0 fully saturated rings. The molecule has 0 saturated heterocycles. The summed E-state index contributed by atoms with van der Waals surface area (Å²) in [6.07, 6.45) is 0.749. The summed E-state index contributed by atoms with van der Waals surface area (Å²) >= 11 is 0. The summed E-state index contributed by atoms with van der Waals surface area (Å²) < 4.78 is 35.2. The Morgan fingerprint density at radius 3 is 2.73 bits per heavy atom. The topological polar surface area (TPSA) is 123 Å². The Bertz CT molecular complexity index is 686. The molecule has 0 aromatic carbocycles. The summed E-state index contributed by atoms with van der Waals surface area (Å²) in [6, 6.07) is 0. The maximum atomic E-state index is 13.0. The van der Waals surface area contributed by atoms with E-state index in [1.165, 1.54) is 0 Å². The van der Waals surface area contributed by atoms with Crippen LogP contribution in [0.2, 0.25) is 0 Å². The van der Waals surface area contributed by atoms with Gasteiger partial charge in [-0.25, -0.2) is 22.7 Å². The molecular formula is C5H4FN5O3S. The van der Waals surface area contributed by atoms with Crippen LogP contribution in [0, 0.1) is 5.82 Å². The van der Waals surface area contributed by atoms with Gasteiger partial charge in [0.15, 0.2) is 11.5 Å². The number of halogens is 1. The minimum Gasteiger partial charge on any atom is -0.310 e. The molecule has 2 heterocycles. The SMILES string of the molecule is NS(=O)(=O)c1nc2c(F)c[nH]c(=O)n2n1. The maximum Gasteiger partial charge on any atom is 0.348 e. The normalized spacial score (nSPS) is 12.1. The minimum atomic E-state index is -4.16. The lowest BCUT2D eigenvalue weighted by Gasteiger charge is -1.88. The first-order valence-electron chi connectivity index (χ1n) is 3.56. The van der Waals surface area contributed by atoms with Gasteiger partial charge in [-0.05, 0) is 0 Å². The summed E-state index contributed by atoms with van der Waals surface area (Å²) in [4.78, 5) is 16.4. The number of primary sulfonamides is 1. The predicted molar refractivity (Wildman–Crippen MR) is 44.9 cm³/mol. The second kappa shape index (κ2) is 2.84. The smallest absolute Gasteiger partial charge is 0.310 e. The average Bonchev–Trinajstić information content (AvgIpc) is 2.56. The summed E-state index contributed by atoms with van der Waals surface area (Å²) in [5.41, 5.74) is -1.31. The number of nitrogens with one attached hydrogen (secondary N) is 1. The quantitative estimate of drug-likeness (QED) is 0.601. The highest BCUT2D eigenvalue weighted by Crippen LogP contribution is 2.05. The second-order valence-corrected chi connectivity index (χ2v) is 4.07. The van der Waals surface area contributed by atoms with Gasteiger partial charge >= 0.3 is 5.69 Å². The Morgan fingerprint density at radius 1 is 1.53 bits per heavy atom. The lowest BCUT2D eigenvalue weighted by Crippen LogP contribution is -2.19. The molecule has 15 heavy (non-hydrogen) atoms. The molecule has 0 aliphatic heterocycles. The summed E-state index contributed by atoms with van der Waals surface area (Å²) in [7, 11) is -4.16. The van der Waals surface area contributed by atoms with Crippen LogP contribution < -0.4 is 10.8 Å². The molecule has 10 heteroatoms. The first-order valence-corrected chi connectivity index (χ1v) is 5.11. The van der Waals surface area contributed by atoms with Gasteiger partial charge in [0.2, 0.25) is 0 Å². The Labute approximate surface area is 81.6 Å². The van der Waals surface area contributed by atoms with E-state index in [4.69, 9.17) is 5.14 Å². The first-order chi connectivity index (χ1) is 6.89. The van der Waals surface area contributed by atoms with Crippen molar-refractivity contribution >= 4 is 15.7 Å². The number of aromatic nitrogens is 4. The van der Waals surface area contributed by atoms with E-state index < -0.39 is 32.3 Å². The van der Waals surface area contributed by atoms with E-state index in [0.717, 1.165) is 6.20 Å². The molecule has 0 saturated carbocycles. The van der Waals surface area contributed by atoms with Gasteiger partial charge in [0, 0.05) is 6.20 Å². The van der Waals surface area contributed by atoms with E-state index >= 15 is 0 Å². The molecule has 2 aromatic heterocycles. The predicted octanol–water partition coefficient (Wildman–Crippen LogP) is -1.80. The van der Waals surface area contributed by atoms with Gasteiger partial charge in [0.1, 0.15) is 0 Å². The van der Waals surface area contributed by atoms with Gasteiger partial charge in [0.25, 0.3) is 15.2 Å². The van der Waals surface area contributed by atoms with Crippen LogP contribution in [0.25, 0.3) is 5.65 Å². The zero-order valence-corrected chi connectivity index (χ0v) is 7.82. The van der Waals surface area contributed by atoms with Crippen LogP contribution in [0.4, 0.5) is 4.39 Å². The molecule has 0 aliphatic carbocycles. The largest absolute Gasteiger partial charge is 0.348 e. The fourth-order valence-corrected chi connectivity index (χ4v) is 1.37. The van der Waals surface area contributed by atoms with Gasteiger partial charge in [-0.2, -0.15) is 9.50 Å². The Morgan fingerprint density at radius 2 is 2.20 bits per heavy atom. The summed E-state index contributed by atoms with van der Waals surface area (Å²) in [5, 5.41) is 7.17. The average molecular weight is 233 g/mol. The Kier molecular flexibility index (Phi) is 1.84. The number of hydrogen-bond donors (Lipinski definition) is 2. The molecular weight excluding hydrogens is 229 g/mol. The first kappa shape index (κ1) is 9.73. The molecule has 0 aliphatic rings. The highest BCUT2D eigenvalue weighted by molar-refractivity contribution is 7.89. The maximum absolute atomic E-state index is 13.0. The van der Waals surface area contributed by atoms with Crippen molar-refractivity contribution in [3.63, 3.8) is 0 Å². The number of rotatable bonds is 1. The van der Waals surface area contributed by atoms with Crippen molar-refractivity contribution in [1.29, 1.82) is 0 Å². The number of H-pyrrole nitrogens is 1. The lowest BCUT2D eigenvalue weighted by atomic mass is 10.6. The van der Waals surface area contributed by atoms with Gasteiger partial charge in [-0.1, -0.05) is 0 Å². The van der Waals surface area contributed by atoms with E-state index in [-0.39, 0.29) is 0 Å². The third-order valence-corrected chi connectivity index (χ3v) is 2.25. The van der Waals surface area contributed by atoms with Crippen molar-refractivity contribution in [2.75, 3.05) is 0 Å². The van der Waals surface area contributed by atoms with Crippen LogP contribution in [-0.2, 0) is 10.0 Å². The third kappa shape index (κ3) is 1.49. The van der Waals surface area contributed by atoms with Gasteiger partial charge in [-0.15, -0.1) is 5.10 Å². The highest BCUT2D eigenvalue weighted by Gasteiger charge is 2.18. The van der Waals surface area contributed by atoms with Crippen molar-refractivity contribution in [2.45, 2.75) is 5.16 Å². The molecule has 80 valence electrons. The van der Waals surface area contributed by atoms with E-state index in [1.807, 2.05) is 4.98 Å². The molecule has 0 spiro atoms. The minimum absolute atomic E-state index is 0.481. The molecule has 0 bridgehead atoms. The highest BCUT2D eigenvalue weighted by atomic mass is 32.2. The monoisotopic (exact) mass is 233 g/mol. The van der Waals surface area contributed by atoms with E-state index in [1.54, 1.807) is 0 Å². The van der Waals surface area contributed by atoms with Crippen molar-refractivity contribution in [3.8, 4) is 0 Å². The fraction of sp³-hybridized carbons (Fsp3) is 0. The van der Waals surface area contributed by atoms with Crippen molar-refractivity contribution in [3.05, 3.63) is 22.5 Å². The number of aromatic amines is 1. The van der Waals surface area contributed by atoms with Gasteiger partial charge in [0.05, 0.1) is 0 Å². The molecule has 0 unspecified atom stereocenters.